The normalized spacial score (nSPS) is 10.3. The van der Waals surface area contributed by atoms with Crippen LogP contribution in [0.2, 0.25) is 0 Å². The first kappa shape index (κ1) is 18.7. The van der Waals surface area contributed by atoms with Crippen LogP contribution in [0.5, 0.6) is 11.5 Å². The number of hydrogen-bond acceptors (Lipinski definition) is 6. The van der Waals surface area contributed by atoms with Gasteiger partial charge in [-0.05, 0) is 30.7 Å². The molecule has 3 rings (SSSR count). The summed E-state index contributed by atoms with van der Waals surface area (Å²) in [5, 5.41) is 8.44. The summed E-state index contributed by atoms with van der Waals surface area (Å²) >= 11 is 1.36. The zero-order chi connectivity index (χ0) is 19.2. The Bertz CT molecular complexity index is 940. The van der Waals surface area contributed by atoms with Crippen molar-refractivity contribution in [2.45, 2.75) is 13.5 Å². The lowest BCUT2D eigenvalue weighted by molar-refractivity contribution is 0.0946. The van der Waals surface area contributed by atoms with Crippen LogP contribution < -0.4 is 20.1 Å². The highest BCUT2D eigenvalue weighted by atomic mass is 32.1. The molecule has 0 aliphatic heterocycles. The van der Waals surface area contributed by atoms with Crippen molar-refractivity contribution in [1.82, 2.24) is 10.3 Å². The van der Waals surface area contributed by atoms with Gasteiger partial charge in [0.15, 0.2) is 5.13 Å². The van der Waals surface area contributed by atoms with Crippen LogP contribution in [-0.4, -0.2) is 25.1 Å². The standard InChI is InChI=1S/C20H21N3O3S/c1-13-8-9-18(26-3)15(10-13)22-20-23-16(12-27-20)19(24)21-11-14-6-4-5-7-17(14)25-2/h4-10,12H,11H2,1-3H3,(H,21,24)(H,22,23). The van der Waals surface area contributed by atoms with E-state index >= 15 is 0 Å². The van der Waals surface area contributed by atoms with Crippen LogP contribution in [0, 0.1) is 6.92 Å². The molecule has 0 bridgehead atoms. The van der Waals surface area contributed by atoms with Crippen LogP contribution in [-0.2, 0) is 6.54 Å². The lowest BCUT2D eigenvalue weighted by Gasteiger charge is -2.10. The second-order valence-corrected chi connectivity index (χ2v) is 6.72. The maximum Gasteiger partial charge on any atom is 0.271 e. The van der Waals surface area contributed by atoms with Crippen molar-refractivity contribution in [1.29, 1.82) is 0 Å². The Morgan fingerprint density at radius 2 is 1.89 bits per heavy atom. The van der Waals surface area contributed by atoms with E-state index in [0.29, 0.717) is 17.4 Å². The zero-order valence-electron chi connectivity index (χ0n) is 15.4. The Labute approximate surface area is 162 Å². The Morgan fingerprint density at radius 1 is 1.11 bits per heavy atom. The van der Waals surface area contributed by atoms with Crippen LogP contribution in [0.3, 0.4) is 0 Å². The fourth-order valence-electron chi connectivity index (χ4n) is 2.59. The van der Waals surface area contributed by atoms with Gasteiger partial charge in [-0.3, -0.25) is 4.79 Å². The van der Waals surface area contributed by atoms with E-state index in [1.165, 1.54) is 11.3 Å². The molecule has 2 aromatic carbocycles. The first-order valence-corrected chi connectivity index (χ1v) is 9.26. The Morgan fingerprint density at radius 3 is 2.67 bits per heavy atom. The number of nitrogens with zero attached hydrogens (tertiary/aromatic N) is 1. The fraction of sp³-hybridized carbons (Fsp3) is 0.200. The molecule has 0 spiro atoms. The highest BCUT2D eigenvalue weighted by Gasteiger charge is 2.13. The third kappa shape index (κ3) is 4.57. The average Bonchev–Trinajstić information content (AvgIpc) is 3.15. The lowest BCUT2D eigenvalue weighted by Crippen LogP contribution is -2.23. The van der Waals surface area contributed by atoms with Crippen molar-refractivity contribution in [3.05, 3.63) is 64.7 Å². The van der Waals surface area contributed by atoms with E-state index in [1.54, 1.807) is 19.6 Å². The summed E-state index contributed by atoms with van der Waals surface area (Å²) in [6.45, 7) is 2.37. The number of thiazole rings is 1. The van der Waals surface area contributed by atoms with Gasteiger partial charge in [0.1, 0.15) is 17.2 Å². The maximum atomic E-state index is 12.4. The predicted octanol–water partition coefficient (Wildman–Crippen LogP) is 4.14. The maximum absolute atomic E-state index is 12.4. The second-order valence-electron chi connectivity index (χ2n) is 5.86. The first-order valence-electron chi connectivity index (χ1n) is 8.38. The molecule has 27 heavy (non-hydrogen) atoms. The number of carbonyl (C=O) groups is 1. The summed E-state index contributed by atoms with van der Waals surface area (Å²) in [6.07, 6.45) is 0. The van der Waals surface area contributed by atoms with Gasteiger partial charge in [0.05, 0.1) is 19.9 Å². The van der Waals surface area contributed by atoms with Crippen LogP contribution in [0.1, 0.15) is 21.6 Å². The summed E-state index contributed by atoms with van der Waals surface area (Å²) in [4.78, 5) is 16.8. The highest BCUT2D eigenvalue weighted by molar-refractivity contribution is 7.14. The van der Waals surface area contributed by atoms with Gasteiger partial charge in [0, 0.05) is 17.5 Å². The predicted molar refractivity (Wildman–Crippen MR) is 107 cm³/mol. The Balaban J connectivity index is 1.67. The van der Waals surface area contributed by atoms with Gasteiger partial charge in [-0.1, -0.05) is 24.3 Å². The largest absolute Gasteiger partial charge is 0.496 e. The van der Waals surface area contributed by atoms with Gasteiger partial charge in [0.2, 0.25) is 0 Å². The molecule has 0 atom stereocenters. The van der Waals surface area contributed by atoms with Crippen LogP contribution in [0.15, 0.2) is 47.8 Å². The van der Waals surface area contributed by atoms with Crippen molar-refractivity contribution in [3.8, 4) is 11.5 Å². The van der Waals surface area contributed by atoms with Crippen LogP contribution in [0.25, 0.3) is 0 Å². The SMILES string of the molecule is COc1ccccc1CNC(=O)c1csc(Nc2cc(C)ccc2OC)n1. The number of ether oxygens (including phenoxy) is 2. The number of amides is 1. The van der Waals surface area contributed by atoms with Gasteiger partial charge >= 0.3 is 0 Å². The van der Waals surface area contributed by atoms with E-state index in [0.717, 1.165) is 28.3 Å². The summed E-state index contributed by atoms with van der Waals surface area (Å²) in [7, 11) is 3.23. The molecule has 1 amide bonds. The number of benzene rings is 2. The molecular weight excluding hydrogens is 362 g/mol. The summed E-state index contributed by atoms with van der Waals surface area (Å²) in [5.41, 5.74) is 3.19. The molecule has 0 fully saturated rings. The van der Waals surface area contributed by atoms with Crippen molar-refractivity contribution in [2.24, 2.45) is 0 Å². The minimum absolute atomic E-state index is 0.235. The number of nitrogens with one attached hydrogen (secondary N) is 2. The fourth-order valence-corrected chi connectivity index (χ4v) is 3.29. The monoisotopic (exact) mass is 383 g/mol. The molecule has 7 heteroatoms. The molecule has 3 aromatic rings. The number of carbonyl (C=O) groups excluding carboxylic acids is 1. The van der Waals surface area contributed by atoms with E-state index in [1.807, 2.05) is 49.4 Å². The van der Waals surface area contributed by atoms with E-state index in [2.05, 4.69) is 15.6 Å². The third-order valence-corrected chi connectivity index (χ3v) is 4.72. The first-order chi connectivity index (χ1) is 13.1. The molecule has 0 unspecified atom stereocenters. The van der Waals surface area contributed by atoms with E-state index in [4.69, 9.17) is 9.47 Å². The van der Waals surface area contributed by atoms with Gasteiger partial charge < -0.3 is 20.1 Å². The topological polar surface area (TPSA) is 72.5 Å². The number of rotatable bonds is 7. The third-order valence-electron chi connectivity index (χ3n) is 3.97. The molecule has 2 N–H and O–H groups in total. The van der Waals surface area contributed by atoms with Crippen molar-refractivity contribution in [2.75, 3.05) is 19.5 Å². The number of aryl methyl sites for hydroxylation is 1. The molecule has 0 radical (unpaired) electrons. The van der Waals surface area contributed by atoms with Gasteiger partial charge in [0.25, 0.3) is 5.91 Å². The average molecular weight is 383 g/mol. The highest BCUT2D eigenvalue weighted by Crippen LogP contribution is 2.30. The van der Waals surface area contributed by atoms with Gasteiger partial charge in [-0.15, -0.1) is 11.3 Å². The number of anilines is 2. The molecule has 1 heterocycles. The van der Waals surface area contributed by atoms with Gasteiger partial charge in [-0.2, -0.15) is 0 Å². The molecule has 0 aliphatic carbocycles. The summed E-state index contributed by atoms with van der Waals surface area (Å²) in [5.74, 6) is 1.23. The Hall–Kier alpha value is -3.06. The van der Waals surface area contributed by atoms with Crippen molar-refractivity contribution >= 4 is 28.1 Å². The van der Waals surface area contributed by atoms with Crippen LogP contribution >= 0.6 is 11.3 Å². The molecule has 0 aliphatic rings. The van der Waals surface area contributed by atoms with Crippen molar-refractivity contribution in [3.63, 3.8) is 0 Å². The molecule has 0 saturated heterocycles. The number of hydrogen-bond donors (Lipinski definition) is 2. The number of para-hydroxylation sites is 1. The minimum Gasteiger partial charge on any atom is -0.496 e. The smallest absolute Gasteiger partial charge is 0.271 e. The molecule has 1 aromatic heterocycles. The van der Waals surface area contributed by atoms with E-state index in [-0.39, 0.29) is 5.91 Å². The molecule has 140 valence electrons. The van der Waals surface area contributed by atoms with E-state index < -0.39 is 0 Å². The molecule has 6 nitrogen and oxygen atoms in total. The molecular formula is C20H21N3O3S. The number of aromatic nitrogens is 1. The lowest BCUT2D eigenvalue weighted by atomic mass is 10.2. The zero-order valence-corrected chi connectivity index (χ0v) is 16.2. The quantitative estimate of drug-likeness (QED) is 0.641. The summed E-state index contributed by atoms with van der Waals surface area (Å²) in [6, 6.07) is 13.4. The van der Waals surface area contributed by atoms with Crippen LogP contribution in [0.4, 0.5) is 10.8 Å². The molecule has 0 saturated carbocycles. The Kier molecular flexibility index (Phi) is 5.93. The minimum atomic E-state index is -0.235. The van der Waals surface area contributed by atoms with Gasteiger partial charge in [-0.25, -0.2) is 4.98 Å². The van der Waals surface area contributed by atoms with Crippen molar-refractivity contribution < 1.29 is 14.3 Å². The van der Waals surface area contributed by atoms with E-state index in [9.17, 15) is 4.79 Å². The number of methoxy groups -OCH3 is 2. The second kappa shape index (κ2) is 8.55. The summed E-state index contributed by atoms with van der Waals surface area (Å²) < 4.78 is 10.7.